The molecule has 0 aliphatic carbocycles. The zero-order valence-corrected chi connectivity index (χ0v) is 9.47. The second-order valence-electron chi connectivity index (χ2n) is 3.55. The van der Waals surface area contributed by atoms with E-state index in [1.54, 1.807) is 19.2 Å². The molecule has 2 aromatic rings. The number of aromatic nitrogens is 1. The molecule has 0 bridgehead atoms. The molecule has 6 heteroatoms. The summed E-state index contributed by atoms with van der Waals surface area (Å²) >= 11 is 0. The van der Waals surface area contributed by atoms with Crippen LogP contribution in [0.2, 0.25) is 0 Å². The molecule has 0 saturated heterocycles. The molecule has 0 aliphatic heterocycles. The maximum atomic E-state index is 13.4. The molecule has 0 amide bonds. The van der Waals surface area contributed by atoms with E-state index in [2.05, 4.69) is 15.6 Å². The van der Waals surface area contributed by atoms with E-state index in [0.717, 1.165) is 6.07 Å². The molecule has 94 valence electrons. The van der Waals surface area contributed by atoms with Crippen molar-refractivity contribution in [3.8, 4) is 0 Å². The first-order valence-corrected chi connectivity index (χ1v) is 5.15. The average Bonchev–Trinajstić information content (AvgIpc) is 2.35. The number of pyridine rings is 1. The number of nitrogens with one attached hydrogen (secondary N) is 2. The highest BCUT2D eigenvalue weighted by atomic mass is 19.2. The first-order valence-electron chi connectivity index (χ1n) is 5.15. The summed E-state index contributed by atoms with van der Waals surface area (Å²) < 4.78 is 39.4. The predicted octanol–water partition coefficient (Wildman–Crippen LogP) is 3.28. The lowest BCUT2D eigenvalue weighted by molar-refractivity contribution is 0.498. The zero-order valence-electron chi connectivity index (χ0n) is 9.47. The fraction of sp³-hybridized carbons (Fsp3) is 0.0833. The predicted molar refractivity (Wildman–Crippen MR) is 63.4 cm³/mol. The van der Waals surface area contributed by atoms with E-state index in [4.69, 9.17) is 0 Å². The van der Waals surface area contributed by atoms with Crippen molar-refractivity contribution in [3.05, 3.63) is 47.9 Å². The van der Waals surface area contributed by atoms with Crippen LogP contribution < -0.4 is 10.6 Å². The fourth-order valence-corrected chi connectivity index (χ4v) is 1.45. The molecule has 0 aliphatic rings. The third-order valence-corrected chi connectivity index (χ3v) is 2.29. The second-order valence-corrected chi connectivity index (χ2v) is 3.55. The van der Waals surface area contributed by atoms with Crippen molar-refractivity contribution in [1.82, 2.24) is 4.98 Å². The monoisotopic (exact) mass is 253 g/mol. The molecule has 0 fully saturated rings. The second kappa shape index (κ2) is 4.95. The van der Waals surface area contributed by atoms with Crippen LogP contribution in [0.1, 0.15) is 0 Å². The highest BCUT2D eigenvalue weighted by Crippen LogP contribution is 2.24. The Kier molecular flexibility index (Phi) is 3.36. The first-order chi connectivity index (χ1) is 8.60. The molecule has 3 nitrogen and oxygen atoms in total. The van der Waals surface area contributed by atoms with Crippen LogP contribution in [0.5, 0.6) is 0 Å². The van der Waals surface area contributed by atoms with Gasteiger partial charge in [-0.05, 0) is 6.07 Å². The van der Waals surface area contributed by atoms with Crippen LogP contribution in [0.3, 0.4) is 0 Å². The minimum atomic E-state index is -1.24. The Balaban J connectivity index is 2.33. The zero-order chi connectivity index (χ0) is 13.1. The molecule has 1 heterocycles. The van der Waals surface area contributed by atoms with Crippen molar-refractivity contribution in [2.24, 2.45) is 0 Å². The highest BCUT2D eigenvalue weighted by Gasteiger charge is 2.11. The van der Waals surface area contributed by atoms with Crippen LogP contribution >= 0.6 is 0 Å². The number of nitrogens with zero attached hydrogens (tertiary/aromatic N) is 1. The molecule has 2 N–H and O–H groups in total. The van der Waals surface area contributed by atoms with E-state index in [-0.39, 0.29) is 5.69 Å². The summed E-state index contributed by atoms with van der Waals surface area (Å²) in [6.45, 7) is 0. The number of hydrogen-bond donors (Lipinski definition) is 2. The Morgan fingerprint density at radius 2 is 1.89 bits per heavy atom. The van der Waals surface area contributed by atoms with Crippen LogP contribution in [0, 0.1) is 17.5 Å². The molecule has 18 heavy (non-hydrogen) atoms. The molecular formula is C12H10F3N3. The topological polar surface area (TPSA) is 37.0 Å². The summed E-state index contributed by atoms with van der Waals surface area (Å²) in [4.78, 5) is 3.96. The van der Waals surface area contributed by atoms with E-state index >= 15 is 0 Å². The van der Waals surface area contributed by atoms with Gasteiger partial charge in [-0.25, -0.2) is 18.2 Å². The Bertz CT molecular complexity index is 572. The number of anilines is 3. The van der Waals surface area contributed by atoms with Gasteiger partial charge >= 0.3 is 0 Å². The summed E-state index contributed by atoms with van der Waals surface area (Å²) in [5, 5.41) is 5.39. The molecule has 1 aromatic carbocycles. The lowest BCUT2D eigenvalue weighted by atomic mass is 10.2. The average molecular weight is 253 g/mol. The van der Waals surface area contributed by atoms with Crippen molar-refractivity contribution in [3.63, 3.8) is 0 Å². The quantitative estimate of drug-likeness (QED) is 0.824. The minimum Gasteiger partial charge on any atom is -0.373 e. The lowest BCUT2D eigenvalue weighted by Crippen LogP contribution is -1.99. The smallest absolute Gasteiger partial charge is 0.182 e. The summed E-state index contributed by atoms with van der Waals surface area (Å²) in [7, 11) is 1.68. The fourth-order valence-electron chi connectivity index (χ4n) is 1.45. The summed E-state index contributed by atoms with van der Waals surface area (Å²) in [5.41, 5.74) is 0.207. The Hall–Kier alpha value is -2.24. The minimum absolute atomic E-state index is 0.263. The summed E-state index contributed by atoms with van der Waals surface area (Å²) in [6, 6.07) is 4.52. The summed E-state index contributed by atoms with van der Waals surface area (Å²) in [5.74, 6) is -2.66. The summed E-state index contributed by atoms with van der Waals surface area (Å²) in [6.07, 6.45) is 1.49. The molecular weight excluding hydrogens is 243 g/mol. The molecule has 0 unspecified atom stereocenters. The number of benzene rings is 1. The number of halogens is 3. The molecule has 1 aromatic heterocycles. The van der Waals surface area contributed by atoms with E-state index in [1.807, 2.05) is 0 Å². The van der Waals surface area contributed by atoms with Gasteiger partial charge < -0.3 is 10.6 Å². The van der Waals surface area contributed by atoms with Gasteiger partial charge in [0.05, 0.1) is 5.69 Å². The van der Waals surface area contributed by atoms with Crippen LogP contribution in [-0.4, -0.2) is 12.0 Å². The normalized spacial score (nSPS) is 10.2. The number of hydrogen-bond acceptors (Lipinski definition) is 3. The Labute approximate surface area is 102 Å². The van der Waals surface area contributed by atoms with Gasteiger partial charge in [-0.15, -0.1) is 0 Å². The van der Waals surface area contributed by atoms with E-state index in [0.29, 0.717) is 17.6 Å². The molecule has 0 atom stereocenters. The van der Waals surface area contributed by atoms with Gasteiger partial charge in [0.1, 0.15) is 11.6 Å². The van der Waals surface area contributed by atoms with E-state index < -0.39 is 17.5 Å². The first kappa shape index (κ1) is 12.2. The molecule has 0 spiro atoms. The molecule has 2 rings (SSSR count). The molecule has 0 saturated carbocycles. The SMILES string of the molecule is CNc1cc(Nc2cc(F)cc(F)c2F)ccn1. The van der Waals surface area contributed by atoms with Gasteiger partial charge in [0.25, 0.3) is 0 Å². The van der Waals surface area contributed by atoms with Crippen molar-refractivity contribution in [2.75, 3.05) is 17.7 Å². The van der Waals surface area contributed by atoms with E-state index in [1.165, 1.54) is 6.20 Å². The number of rotatable bonds is 3. The standard InChI is InChI=1S/C12H10F3N3/c1-16-11-6-8(2-3-17-11)18-10-5-7(13)4-9(14)12(10)15/h2-6H,1H3,(H2,16,17,18). The van der Waals surface area contributed by atoms with Crippen molar-refractivity contribution in [1.29, 1.82) is 0 Å². The lowest BCUT2D eigenvalue weighted by Gasteiger charge is -2.09. The largest absolute Gasteiger partial charge is 0.373 e. The third kappa shape index (κ3) is 2.53. The Morgan fingerprint density at radius 1 is 1.11 bits per heavy atom. The van der Waals surface area contributed by atoms with Crippen LogP contribution in [0.4, 0.5) is 30.4 Å². The van der Waals surface area contributed by atoms with Crippen LogP contribution in [0.15, 0.2) is 30.5 Å². The van der Waals surface area contributed by atoms with E-state index in [9.17, 15) is 13.2 Å². The van der Waals surface area contributed by atoms with Crippen molar-refractivity contribution in [2.45, 2.75) is 0 Å². The van der Waals surface area contributed by atoms with Crippen molar-refractivity contribution >= 4 is 17.2 Å². The third-order valence-electron chi connectivity index (χ3n) is 2.29. The van der Waals surface area contributed by atoms with Crippen molar-refractivity contribution < 1.29 is 13.2 Å². The van der Waals surface area contributed by atoms with Gasteiger partial charge in [0, 0.05) is 37.1 Å². The maximum Gasteiger partial charge on any atom is 0.182 e. The van der Waals surface area contributed by atoms with Gasteiger partial charge in [-0.2, -0.15) is 0 Å². The van der Waals surface area contributed by atoms with Gasteiger partial charge in [0.15, 0.2) is 11.6 Å². The van der Waals surface area contributed by atoms with Gasteiger partial charge in [0.2, 0.25) is 0 Å². The van der Waals surface area contributed by atoms with Gasteiger partial charge in [-0.1, -0.05) is 0 Å². The highest BCUT2D eigenvalue weighted by molar-refractivity contribution is 5.62. The maximum absolute atomic E-state index is 13.4. The van der Waals surface area contributed by atoms with Crippen LogP contribution in [-0.2, 0) is 0 Å². The Morgan fingerprint density at radius 3 is 2.61 bits per heavy atom. The van der Waals surface area contributed by atoms with Crippen LogP contribution in [0.25, 0.3) is 0 Å². The molecule has 0 radical (unpaired) electrons. The van der Waals surface area contributed by atoms with Gasteiger partial charge in [-0.3, -0.25) is 0 Å².